The SMILES string of the molecule is Cc1cc(C(F)(F)F)c(-c2ccc(C[C@H](NC(=O)c3c(F)cc(N4CC(C)OCC4C(F)(F)F)cc3F)C(=O)O)c3cccnc23)c(=O)n1C. The highest BCUT2D eigenvalue weighted by Gasteiger charge is 2.47. The first-order valence-corrected chi connectivity index (χ1v) is 14.9. The van der Waals surface area contributed by atoms with Gasteiger partial charge < -0.3 is 24.6 Å². The van der Waals surface area contributed by atoms with Crippen LogP contribution in [0.1, 0.15) is 34.1 Å². The zero-order chi connectivity index (χ0) is 36.9. The number of amides is 1. The van der Waals surface area contributed by atoms with Crippen LogP contribution in [0.3, 0.4) is 0 Å². The number of ether oxygens (including phenoxy) is 1. The molecule has 1 saturated heterocycles. The lowest BCUT2D eigenvalue weighted by molar-refractivity contribution is -0.173. The number of rotatable bonds is 7. The third-order valence-corrected chi connectivity index (χ3v) is 8.46. The largest absolute Gasteiger partial charge is 0.480 e. The molecule has 0 radical (unpaired) electrons. The van der Waals surface area contributed by atoms with Gasteiger partial charge in [0.2, 0.25) is 0 Å². The van der Waals surface area contributed by atoms with Gasteiger partial charge in [0.25, 0.3) is 11.5 Å². The summed E-state index contributed by atoms with van der Waals surface area (Å²) < 4.78 is 120. The Hall–Kier alpha value is -5.06. The Labute approximate surface area is 278 Å². The molecule has 2 unspecified atom stereocenters. The number of hydrogen-bond donors (Lipinski definition) is 2. The van der Waals surface area contributed by atoms with Gasteiger partial charge in [0.15, 0.2) is 0 Å². The van der Waals surface area contributed by atoms with Crippen molar-refractivity contribution in [1.82, 2.24) is 14.9 Å². The van der Waals surface area contributed by atoms with Gasteiger partial charge in [-0.1, -0.05) is 18.2 Å². The van der Waals surface area contributed by atoms with E-state index in [1.165, 1.54) is 45.3 Å². The van der Waals surface area contributed by atoms with Crippen LogP contribution in [0.2, 0.25) is 0 Å². The normalized spacial score (nSPS) is 17.5. The zero-order valence-electron chi connectivity index (χ0n) is 26.4. The van der Waals surface area contributed by atoms with Gasteiger partial charge in [-0.3, -0.25) is 14.6 Å². The fourth-order valence-corrected chi connectivity index (χ4v) is 5.87. The van der Waals surface area contributed by atoms with Crippen LogP contribution in [0, 0.1) is 18.6 Å². The monoisotopic (exact) mass is 712 g/mol. The third kappa shape index (κ3) is 6.99. The molecule has 2 aromatic heterocycles. The van der Waals surface area contributed by atoms with Crippen molar-refractivity contribution in [3.05, 3.63) is 93.0 Å². The number of pyridine rings is 2. The van der Waals surface area contributed by atoms with E-state index in [1.807, 2.05) is 5.32 Å². The predicted molar refractivity (Wildman–Crippen MR) is 164 cm³/mol. The molecule has 0 aliphatic carbocycles. The van der Waals surface area contributed by atoms with E-state index < -0.39 is 95.0 Å². The summed E-state index contributed by atoms with van der Waals surface area (Å²) in [5.41, 5.74) is -4.72. The molecule has 9 nitrogen and oxygen atoms in total. The van der Waals surface area contributed by atoms with Gasteiger partial charge in [-0.25, -0.2) is 13.6 Å². The number of nitrogens with zero attached hydrogens (tertiary/aromatic N) is 3. The summed E-state index contributed by atoms with van der Waals surface area (Å²) in [5.74, 6) is -6.29. The predicted octanol–water partition coefficient (Wildman–Crippen LogP) is 5.79. The summed E-state index contributed by atoms with van der Waals surface area (Å²) in [6.45, 7) is 1.64. The summed E-state index contributed by atoms with van der Waals surface area (Å²) in [6, 6.07) is 3.03. The van der Waals surface area contributed by atoms with Gasteiger partial charge in [0.05, 0.1) is 29.4 Å². The van der Waals surface area contributed by atoms with Gasteiger partial charge in [-0.15, -0.1) is 0 Å². The van der Waals surface area contributed by atoms with Crippen LogP contribution < -0.4 is 15.8 Å². The van der Waals surface area contributed by atoms with Crippen molar-refractivity contribution in [2.45, 2.75) is 50.8 Å². The molecule has 4 aromatic rings. The summed E-state index contributed by atoms with van der Waals surface area (Å²) in [4.78, 5) is 43.3. The molecule has 0 saturated carbocycles. The molecule has 266 valence electrons. The van der Waals surface area contributed by atoms with Crippen molar-refractivity contribution in [2.75, 3.05) is 18.1 Å². The van der Waals surface area contributed by atoms with Crippen LogP contribution in [0.15, 0.2) is 53.5 Å². The number of carboxylic acids is 1. The maximum Gasteiger partial charge on any atom is 0.417 e. The quantitative estimate of drug-likeness (QED) is 0.234. The van der Waals surface area contributed by atoms with E-state index in [-0.39, 0.29) is 34.3 Å². The first-order valence-electron chi connectivity index (χ1n) is 14.9. The zero-order valence-corrected chi connectivity index (χ0v) is 26.4. The highest BCUT2D eigenvalue weighted by atomic mass is 19.4. The molecule has 0 bridgehead atoms. The Morgan fingerprint density at radius 3 is 2.34 bits per heavy atom. The Kier molecular flexibility index (Phi) is 9.66. The molecule has 17 heteroatoms. The smallest absolute Gasteiger partial charge is 0.417 e. The van der Waals surface area contributed by atoms with E-state index in [0.717, 1.165) is 16.7 Å². The van der Waals surface area contributed by atoms with E-state index in [4.69, 9.17) is 4.74 Å². The Balaban J connectivity index is 1.48. The number of hydrogen-bond acceptors (Lipinski definition) is 6. The number of alkyl halides is 6. The first-order chi connectivity index (χ1) is 23.3. The van der Waals surface area contributed by atoms with Crippen molar-refractivity contribution in [2.24, 2.45) is 7.05 Å². The number of morpholine rings is 1. The van der Waals surface area contributed by atoms with Crippen molar-refractivity contribution >= 4 is 28.5 Å². The molecule has 1 fully saturated rings. The van der Waals surface area contributed by atoms with Crippen molar-refractivity contribution in [1.29, 1.82) is 0 Å². The van der Waals surface area contributed by atoms with E-state index in [9.17, 15) is 45.8 Å². The van der Waals surface area contributed by atoms with Crippen molar-refractivity contribution in [3.8, 4) is 11.1 Å². The minimum absolute atomic E-state index is 0.0451. The van der Waals surface area contributed by atoms with Gasteiger partial charge in [0.1, 0.15) is 29.3 Å². The molecule has 2 aromatic carbocycles. The molecule has 5 rings (SSSR count). The van der Waals surface area contributed by atoms with E-state index in [1.54, 1.807) is 0 Å². The molecule has 50 heavy (non-hydrogen) atoms. The maximum atomic E-state index is 15.2. The highest BCUT2D eigenvalue weighted by Crippen LogP contribution is 2.39. The van der Waals surface area contributed by atoms with Gasteiger partial charge in [0, 0.05) is 48.5 Å². The second-order valence-electron chi connectivity index (χ2n) is 11.8. The van der Waals surface area contributed by atoms with Gasteiger partial charge in [-0.2, -0.15) is 26.3 Å². The van der Waals surface area contributed by atoms with E-state index >= 15 is 8.78 Å². The maximum absolute atomic E-state index is 15.2. The number of nitrogens with one attached hydrogen (secondary N) is 1. The minimum atomic E-state index is -4.92. The number of aryl methyl sites for hydroxylation is 1. The lowest BCUT2D eigenvalue weighted by Crippen LogP contribution is -2.56. The van der Waals surface area contributed by atoms with Crippen LogP contribution in [0.25, 0.3) is 22.0 Å². The van der Waals surface area contributed by atoms with Crippen LogP contribution >= 0.6 is 0 Å². The second-order valence-corrected chi connectivity index (χ2v) is 11.8. The molecular weight excluding hydrogens is 684 g/mol. The molecule has 1 aliphatic heterocycles. The molecule has 1 amide bonds. The number of carbonyl (C=O) groups is 2. The molecule has 0 spiro atoms. The molecule has 2 N–H and O–H groups in total. The van der Waals surface area contributed by atoms with Crippen LogP contribution in [0.5, 0.6) is 0 Å². The van der Waals surface area contributed by atoms with Crippen LogP contribution in [-0.2, 0) is 29.2 Å². The number of benzene rings is 2. The van der Waals surface area contributed by atoms with Crippen LogP contribution in [-0.4, -0.2) is 64.0 Å². The minimum Gasteiger partial charge on any atom is -0.480 e. The van der Waals surface area contributed by atoms with Gasteiger partial charge in [-0.05, 0) is 43.7 Å². The Morgan fingerprint density at radius 2 is 1.74 bits per heavy atom. The summed E-state index contributed by atoms with van der Waals surface area (Å²) in [5, 5.41) is 12.1. The number of carbonyl (C=O) groups excluding carboxylic acids is 1. The lowest BCUT2D eigenvalue weighted by atomic mass is 9.93. The third-order valence-electron chi connectivity index (χ3n) is 8.46. The number of anilines is 1. The van der Waals surface area contributed by atoms with Gasteiger partial charge >= 0.3 is 18.3 Å². The number of aliphatic carboxylic acids is 1. The van der Waals surface area contributed by atoms with Crippen molar-refractivity contribution < 1.29 is 54.6 Å². The topological polar surface area (TPSA) is 114 Å². The summed E-state index contributed by atoms with van der Waals surface area (Å²) in [7, 11) is 1.30. The first kappa shape index (κ1) is 36.2. The average Bonchev–Trinajstić information content (AvgIpc) is 3.02. The average molecular weight is 713 g/mol. The number of fused-ring (bicyclic) bond motifs is 1. The highest BCUT2D eigenvalue weighted by molar-refractivity contribution is 5.99. The second kappa shape index (κ2) is 13.3. The lowest BCUT2D eigenvalue weighted by Gasteiger charge is -2.41. The number of halogens is 8. The molecule has 3 atom stereocenters. The Morgan fingerprint density at radius 1 is 1.08 bits per heavy atom. The van der Waals surface area contributed by atoms with Crippen molar-refractivity contribution in [3.63, 3.8) is 0 Å². The summed E-state index contributed by atoms with van der Waals surface area (Å²) in [6.07, 6.45) is -9.75. The Bertz CT molecular complexity index is 2020. The number of aromatic nitrogens is 2. The van der Waals surface area contributed by atoms with Crippen LogP contribution in [0.4, 0.5) is 40.8 Å². The molecule has 1 aliphatic rings. The van der Waals surface area contributed by atoms with E-state index in [0.29, 0.717) is 17.0 Å². The molecular formula is C33H28F8N4O5. The molecule has 3 heterocycles. The fourth-order valence-electron chi connectivity index (χ4n) is 5.87. The number of carboxylic acid groups (broad SMARTS) is 1. The summed E-state index contributed by atoms with van der Waals surface area (Å²) >= 11 is 0. The standard InChI is InChI=1S/C33H28F8N4O5/c1-15-9-21(32(36,37)38)26(30(47)44(15)3)20-7-6-17(19-5-4-8-42-28(19)20)10-24(31(48)49)43-29(46)27-22(34)11-18(12-23(27)35)45-13-16(2)50-14-25(45)33(39,40)41/h4-9,11-12,16,24-25H,10,13-14H2,1-3H3,(H,43,46)(H,48,49)/t16?,24-,25?/m0/s1. The van der Waals surface area contributed by atoms with E-state index in [2.05, 4.69) is 4.98 Å². The fraction of sp³-hybridized carbons (Fsp3) is 0.333.